The second-order valence-corrected chi connectivity index (χ2v) is 7.57. The molecule has 4 rings (SSSR count). The zero-order valence-corrected chi connectivity index (χ0v) is 14.0. The Morgan fingerprint density at radius 1 is 1.26 bits per heavy atom. The third-order valence-corrected chi connectivity index (χ3v) is 6.39. The average molecular weight is 313 g/mol. The van der Waals surface area contributed by atoms with Gasteiger partial charge in [0, 0.05) is 25.7 Å². The molecule has 0 spiro atoms. The van der Waals surface area contributed by atoms with E-state index < -0.39 is 0 Å². The minimum Gasteiger partial charge on any atom is -0.381 e. The molecule has 3 nitrogen and oxygen atoms in total. The number of rotatable bonds is 4. The Kier molecular flexibility index (Phi) is 4.14. The van der Waals surface area contributed by atoms with Crippen molar-refractivity contribution in [1.82, 2.24) is 5.32 Å². The summed E-state index contributed by atoms with van der Waals surface area (Å²) in [4.78, 5) is 12.5. The number of benzene rings is 1. The van der Waals surface area contributed by atoms with Crippen LogP contribution in [0.1, 0.15) is 43.2 Å². The Bertz CT molecular complexity index is 579. The number of carbonyl (C=O) groups is 1. The Morgan fingerprint density at radius 3 is 2.87 bits per heavy atom. The van der Waals surface area contributed by atoms with Gasteiger partial charge < -0.3 is 10.1 Å². The molecule has 4 atom stereocenters. The first-order valence-corrected chi connectivity index (χ1v) is 9.19. The molecule has 23 heavy (non-hydrogen) atoms. The lowest BCUT2D eigenvalue weighted by atomic mass is 9.87. The molecule has 0 bridgehead atoms. The number of hydrogen-bond donors (Lipinski definition) is 1. The predicted octanol–water partition coefficient (Wildman–Crippen LogP) is 3.14. The average Bonchev–Trinajstić information content (AvgIpc) is 3.33. The van der Waals surface area contributed by atoms with Gasteiger partial charge in [-0.05, 0) is 60.5 Å². The monoisotopic (exact) mass is 313 g/mol. The van der Waals surface area contributed by atoms with E-state index in [9.17, 15) is 4.79 Å². The van der Waals surface area contributed by atoms with Gasteiger partial charge in [0.1, 0.15) is 0 Å². The zero-order valence-electron chi connectivity index (χ0n) is 14.0. The van der Waals surface area contributed by atoms with Gasteiger partial charge in [0.2, 0.25) is 5.91 Å². The molecular weight excluding hydrogens is 286 g/mol. The van der Waals surface area contributed by atoms with Crippen LogP contribution in [0, 0.1) is 23.7 Å². The predicted molar refractivity (Wildman–Crippen MR) is 90.2 cm³/mol. The zero-order chi connectivity index (χ0) is 15.8. The highest BCUT2D eigenvalue weighted by atomic mass is 16.5. The fourth-order valence-corrected chi connectivity index (χ4v) is 4.80. The molecule has 1 aromatic carbocycles. The summed E-state index contributed by atoms with van der Waals surface area (Å²) in [6.07, 6.45) is 4.55. The largest absolute Gasteiger partial charge is 0.381 e. The molecule has 1 N–H and O–H groups in total. The van der Waals surface area contributed by atoms with Crippen LogP contribution >= 0.6 is 0 Å². The second kappa shape index (κ2) is 6.27. The Labute approximate surface area is 138 Å². The van der Waals surface area contributed by atoms with Crippen LogP contribution < -0.4 is 5.32 Å². The SMILES string of the molecule is C[C@@H](C(=O)NC[C@H]1[C@@H]2CCc3ccccc3[C@H]21)C1CCOCC1. The van der Waals surface area contributed by atoms with Gasteiger partial charge in [0.25, 0.3) is 0 Å². The van der Waals surface area contributed by atoms with E-state index in [1.165, 1.54) is 18.4 Å². The Morgan fingerprint density at radius 2 is 2.04 bits per heavy atom. The van der Waals surface area contributed by atoms with Crippen LogP contribution in [0.25, 0.3) is 0 Å². The van der Waals surface area contributed by atoms with Crippen molar-refractivity contribution in [3.63, 3.8) is 0 Å². The number of fused-ring (bicyclic) bond motifs is 3. The van der Waals surface area contributed by atoms with Crippen LogP contribution in [0.2, 0.25) is 0 Å². The summed E-state index contributed by atoms with van der Waals surface area (Å²) in [5.41, 5.74) is 3.07. The van der Waals surface area contributed by atoms with E-state index in [0.717, 1.165) is 38.5 Å². The molecule has 1 saturated heterocycles. The first-order chi connectivity index (χ1) is 11.3. The van der Waals surface area contributed by atoms with Gasteiger partial charge in [-0.1, -0.05) is 31.2 Å². The lowest BCUT2D eigenvalue weighted by molar-refractivity contribution is -0.127. The van der Waals surface area contributed by atoms with Crippen LogP contribution in [0.3, 0.4) is 0 Å². The van der Waals surface area contributed by atoms with Gasteiger partial charge in [0.05, 0.1) is 0 Å². The molecule has 124 valence electrons. The summed E-state index contributed by atoms with van der Waals surface area (Å²) in [6.45, 7) is 4.56. The normalized spacial score (nSPS) is 30.9. The molecule has 1 aliphatic heterocycles. The van der Waals surface area contributed by atoms with Crippen molar-refractivity contribution in [2.24, 2.45) is 23.7 Å². The van der Waals surface area contributed by atoms with E-state index in [1.807, 2.05) is 0 Å². The molecule has 2 aliphatic carbocycles. The Balaban J connectivity index is 1.31. The van der Waals surface area contributed by atoms with Crippen LogP contribution in [0.5, 0.6) is 0 Å². The van der Waals surface area contributed by atoms with E-state index in [4.69, 9.17) is 4.74 Å². The highest BCUT2D eigenvalue weighted by Crippen LogP contribution is 2.59. The van der Waals surface area contributed by atoms with Crippen molar-refractivity contribution < 1.29 is 9.53 Å². The van der Waals surface area contributed by atoms with Gasteiger partial charge in [0.15, 0.2) is 0 Å². The summed E-state index contributed by atoms with van der Waals surface area (Å²) in [6, 6.07) is 8.86. The molecule has 0 unspecified atom stereocenters. The topological polar surface area (TPSA) is 38.3 Å². The number of hydrogen-bond acceptors (Lipinski definition) is 2. The van der Waals surface area contributed by atoms with Gasteiger partial charge in [-0.25, -0.2) is 0 Å². The molecule has 1 heterocycles. The van der Waals surface area contributed by atoms with Gasteiger partial charge in [-0.3, -0.25) is 4.79 Å². The van der Waals surface area contributed by atoms with E-state index >= 15 is 0 Å². The number of carbonyl (C=O) groups excluding carboxylic acids is 1. The second-order valence-electron chi connectivity index (χ2n) is 7.57. The first kappa shape index (κ1) is 15.2. The van der Waals surface area contributed by atoms with Crippen LogP contribution in [-0.2, 0) is 16.0 Å². The standard InChI is InChI=1S/C20H27NO2/c1-13(14-8-10-23-11-9-14)20(22)21-12-18-17-7-6-15-4-2-3-5-16(15)19(17)18/h2-5,13-14,17-19H,6-12H2,1H3,(H,21,22)/t13-,17+,18+,19-/m1/s1. The third-order valence-electron chi connectivity index (χ3n) is 6.39. The maximum Gasteiger partial charge on any atom is 0.223 e. The molecule has 1 aromatic rings. The number of nitrogens with one attached hydrogen (secondary N) is 1. The van der Waals surface area contributed by atoms with Crippen LogP contribution in [-0.4, -0.2) is 25.7 Å². The van der Waals surface area contributed by atoms with Crippen molar-refractivity contribution >= 4 is 5.91 Å². The van der Waals surface area contributed by atoms with Crippen LogP contribution in [0.4, 0.5) is 0 Å². The maximum atomic E-state index is 12.5. The minimum atomic E-state index is 0.118. The van der Waals surface area contributed by atoms with E-state index in [0.29, 0.717) is 17.8 Å². The molecule has 1 amide bonds. The van der Waals surface area contributed by atoms with Crippen molar-refractivity contribution in [2.45, 2.75) is 38.5 Å². The summed E-state index contributed by atoms with van der Waals surface area (Å²) in [7, 11) is 0. The van der Waals surface area contributed by atoms with Crippen molar-refractivity contribution in [3.8, 4) is 0 Å². The lowest BCUT2D eigenvalue weighted by Crippen LogP contribution is -2.36. The van der Waals surface area contributed by atoms with Gasteiger partial charge in [-0.2, -0.15) is 0 Å². The fourth-order valence-electron chi connectivity index (χ4n) is 4.80. The molecule has 2 fully saturated rings. The highest BCUT2D eigenvalue weighted by molar-refractivity contribution is 5.78. The first-order valence-electron chi connectivity index (χ1n) is 9.19. The van der Waals surface area contributed by atoms with Crippen molar-refractivity contribution in [1.29, 1.82) is 0 Å². The van der Waals surface area contributed by atoms with Gasteiger partial charge >= 0.3 is 0 Å². The summed E-state index contributed by atoms with van der Waals surface area (Å²) >= 11 is 0. The molecule has 0 aromatic heterocycles. The van der Waals surface area contributed by atoms with E-state index in [-0.39, 0.29) is 11.8 Å². The lowest BCUT2D eigenvalue weighted by Gasteiger charge is -2.27. The summed E-state index contributed by atoms with van der Waals surface area (Å²) < 4.78 is 5.40. The molecular formula is C20H27NO2. The highest BCUT2D eigenvalue weighted by Gasteiger charge is 2.52. The van der Waals surface area contributed by atoms with Crippen molar-refractivity contribution in [3.05, 3.63) is 35.4 Å². The van der Waals surface area contributed by atoms with Gasteiger partial charge in [-0.15, -0.1) is 0 Å². The molecule has 1 saturated carbocycles. The number of aryl methyl sites for hydroxylation is 1. The smallest absolute Gasteiger partial charge is 0.223 e. The third kappa shape index (κ3) is 2.91. The number of ether oxygens (including phenoxy) is 1. The van der Waals surface area contributed by atoms with E-state index in [2.05, 4.69) is 36.5 Å². The molecule has 3 heteroatoms. The minimum absolute atomic E-state index is 0.118. The molecule has 0 radical (unpaired) electrons. The van der Waals surface area contributed by atoms with Crippen molar-refractivity contribution in [2.75, 3.05) is 19.8 Å². The summed E-state index contributed by atoms with van der Waals surface area (Å²) in [5.74, 6) is 3.00. The Hall–Kier alpha value is -1.35. The van der Waals surface area contributed by atoms with E-state index in [1.54, 1.807) is 5.56 Å². The van der Waals surface area contributed by atoms with Crippen LogP contribution in [0.15, 0.2) is 24.3 Å². The molecule has 3 aliphatic rings. The fraction of sp³-hybridized carbons (Fsp3) is 0.650. The maximum absolute atomic E-state index is 12.5. The summed E-state index contributed by atoms with van der Waals surface area (Å²) in [5, 5.41) is 3.25. The number of amides is 1. The quantitative estimate of drug-likeness (QED) is 0.927.